The summed E-state index contributed by atoms with van der Waals surface area (Å²) in [4.78, 5) is 25.1. The van der Waals surface area contributed by atoms with Crippen LogP contribution in [0, 0.1) is 5.92 Å². The van der Waals surface area contributed by atoms with Gasteiger partial charge in [-0.15, -0.1) is 0 Å². The fourth-order valence-corrected chi connectivity index (χ4v) is 5.99. The summed E-state index contributed by atoms with van der Waals surface area (Å²) in [5.41, 5.74) is 1.66. The van der Waals surface area contributed by atoms with Crippen molar-refractivity contribution in [3.8, 4) is 0 Å². The highest BCUT2D eigenvalue weighted by atomic mass is 35.5. The minimum atomic E-state index is -0.488. The first-order chi connectivity index (χ1) is 13.5. The zero-order valence-corrected chi connectivity index (χ0v) is 16.2. The van der Waals surface area contributed by atoms with E-state index in [1.54, 1.807) is 12.1 Å². The monoisotopic (exact) mass is 399 g/mol. The van der Waals surface area contributed by atoms with Crippen molar-refractivity contribution in [2.45, 2.75) is 62.4 Å². The Labute approximate surface area is 167 Å². The van der Waals surface area contributed by atoms with Gasteiger partial charge in [-0.05, 0) is 50.2 Å². The van der Waals surface area contributed by atoms with E-state index < -0.39 is 5.54 Å². The van der Waals surface area contributed by atoms with Crippen LogP contribution in [0.4, 0.5) is 10.5 Å². The topological polar surface area (TPSA) is 83.4 Å². The molecule has 28 heavy (non-hydrogen) atoms. The highest BCUT2D eigenvalue weighted by molar-refractivity contribution is 6.35. The quantitative estimate of drug-likeness (QED) is 0.686. The molecule has 4 saturated carbocycles. The normalized spacial score (nSPS) is 29.3. The van der Waals surface area contributed by atoms with Crippen LogP contribution >= 0.6 is 11.6 Å². The molecular formula is C21H22ClN3O3. The second kappa shape index (κ2) is 5.44. The van der Waals surface area contributed by atoms with E-state index in [0.717, 1.165) is 68.2 Å². The summed E-state index contributed by atoms with van der Waals surface area (Å²) in [5, 5.41) is 10.4. The third-order valence-corrected chi connectivity index (χ3v) is 7.47. The van der Waals surface area contributed by atoms with Crippen molar-refractivity contribution in [2.75, 3.05) is 5.32 Å². The number of amides is 3. The highest BCUT2D eigenvalue weighted by Gasteiger charge is 2.57. The fourth-order valence-electron chi connectivity index (χ4n) is 5.73. The Balaban J connectivity index is 1.47. The second-order valence-electron chi connectivity index (χ2n) is 9.07. The molecule has 146 valence electrons. The van der Waals surface area contributed by atoms with Crippen molar-refractivity contribution in [3.05, 3.63) is 28.5 Å². The number of nitrogens with one attached hydrogen (secondary N) is 3. The minimum absolute atomic E-state index is 0.00206. The van der Waals surface area contributed by atoms with Crippen LogP contribution in [-0.4, -0.2) is 17.5 Å². The number of rotatable bonds is 2. The van der Waals surface area contributed by atoms with E-state index in [1.165, 1.54) is 0 Å². The van der Waals surface area contributed by atoms with E-state index in [9.17, 15) is 9.59 Å². The minimum Gasteiger partial charge on any atom is -0.450 e. The molecule has 1 aliphatic heterocycles. The largest absolute Gasteiger partial charge is 0.450 e. The van der Waals surface area contributed by atoms with Gasteiger partial charge in [-0.2, -0.15) is 0 Å². The van der Waals surface area contributed by atoms with Crippen molar-refractivity contribution in [1.29, 1.82) is 0 Å². The fraction of sp³-hybridized carbons (Fsp3) is 0.524. The summed E-state index contributed by atoms with van der Waals surface area (Å²) in [6.07, 6.45) is 8.15. The first-order valence-corrected chi connectivity index (χ1v) is 10.5. The third-order valence-electron chi connectivity index (χ3n) is 7.18. The molecule has 0 radical (unpaired) electrons. The maximum Gasteiger partial charge on any atom is 0.319 e. The number of halogens is 1. The van der Waals surface area contributed by atoms with Gasteiger partial charge in [-0.25, -0.2) is 4.79 Å². The molecule has 2 bridgehead atoms. The van der Waals surface area contributed by atoms with Crippen LogP contribution in [-0.2, 0) is 5.54 Å². The molecule has 2 aromatic rings. The zero-order valence-electron chi connectivity index (χ0n) is 15.5. The molecule has 7 rings (SSSR count). The maximum absolute atomic E-state index is 12.8. The molecule has 4 fully saturated rings. The van der Waals surface area contributed by atoms with Crippen LogP contribution in [0.25, 0.3) is 11.0 Å². The van der Waals surface area contributed by atoms with E-state index in [2.05, 4.69) is 16.0 Å². The molecule has 7 heteroatoms. The Morgan fingerprint density at radius 1 is 1.18 bits per heavy atom. The lowest BCUT2D eigenvalue weighted by atomic mass is 9.50. The van der Waals surface area contributed by atoms with Gasteiger partial charge in [0.15, 0.2) is 5.76 Å². The number of benzene rings is 1. The molecule has 0 saturated heterocycles. The van der Waals surface area contributed by atoms with E-state index in [1.807, 2.05) is 0 Å². The van der Waals surface area contributed by atoms with E-state index in [-0.39, 0.29) is 17.5 Å². The Morgan fingerprint density at radius 2 is 1.93 bits per heavy atom. The van der Waals surface area contributed by atoms with Gasteiger partial charge in [0.05, 0.1) is 16.2 Å². The molecule has 6 nitrogen and oxygen atoms in total. The van der Waals surface area contributed by atoms with Gasteiger partial charge < -0.3 is 20.4 Å². The lowest BCUT2D eigenvalue weighted by Crippen LogP contribution is -2.68. The lowest BCUT2D eigenvalue weighted by molar-refractivity contribution is -0.0443. The van der Waals surface area contributed by atoms with Crippen molar-refractivity contribution >= 4 is 40.2 Å². The molecule has 0 unspecified atom stereocenters. The first-order valence-electron chi connectivity index (χ1n) is 10.2. The van der Waals surface area contributed by atoms with Gasteiger partial charge >= 0.3 is 6.03 Å². The molecular weight excluding hydrogens is 378 g/mol. The van der Waals surface area contributed by atoms with Gasteiger partial charge in [0.1, 0.15) is 5.58 Å². The molecule has 0 atom stereocenters. The number of hydrogen-bond acceptors (Lipinski definition) is 3. The van der Waals surface area contributed by atoms with E-state index in [0.29, 0.717) is 22.1 Å². The van der Waals surface area contributed by atoms with E-state index >= 15 is 0 Å². The SMILES string of the molecule is O=C1Nc2c(Cl)cc3cc(C(=O)NC45CC(C4)C5)oc3c2C2(CCCCC2)N1. The summed E-state index contributed by atoms with van der Waals surface area (Å²) >= 11 is 6.54. The van der Waals surface area contributed by atoms with Gasteiger partial charge in [0, 0.05) is 16.5 Å². The van der Waals surface area contributed by atoms with Crippen LogP contribution in [0.5, 0.6) is 0 Å². The van der Waals surface area contributed by atoms with E-state index in [4.69, 9.17) is 16.0 Å². The average Bonchev–Trinajstić information content (AvgIpc) is 3.01. The summed E-state index contributed by atoms with van der Waals surface area (Å²) in [7, 11) is 0. The molecule has 5 aliphatic rings. The van der Waals surface area contributed by atoms with Crippen molar-refractivity contribution in [3.63, 3.8) is 0 Å². The van der Waals surface area contributed by atoms with Gasteiger partial charge in [-0.1, -0.05) is 30.9 Å². The molecule has 1 spiro atoms. The van der Waals surface area contributed by atoms with Crippen LogP contribution < -0.4 is 16.0 Å². The average molecular weight is 400 g/mol. The van der Waals surface area contributed by atoms with Gasteiger partial charge in [0.2, 0.25) is 0 Å². The predicted octanol–water partition coefficient (Wildman–Crippen LogP) is 4.66. The van der Waals surface area contributed by atoms with Crippen molar-refractivity contribution in [1.82, 2.24) is 10.6 Å². The molecule has 3 amide bonds. The number of hydrogen-bond donors (Lipinski definition) is 3. The number of urea groups is 1. The summed E-state index contributed by atoms with van der Waals surface area (Å²) in [5.74, 6) is 0.944. The summed E-state index contributed by atoms with van der Waals surface area (Å²) in [6.45, 7) is 0. The summed E-state index contributed by atoms with van der Waals surface area (Å²) < 4.78 is 6.12. The molecule has 1 aromatic heterocycles. The first kappa shape index (κ1) is 16.7. The van der Waals surface area contributed by atoms with Crippen LogP contribution in [0.1, 0.15) is 67.5 Å². The van der Waals surface area contributed by atoms with Crippen LogP contribution in [0.15, 0.2) is 16.5 Å². The molecule has 1 aromatic carbocycles. The Hall–Kier alpha value is -2.21. The number of carbonyl (C=O) groups excluding carboxylic acids is 2. The molecule has 2 heterocycles. The van der Waals surface area contributed by atoms with Crippen molar-refractivity contribution in [2.24, 2.45) is 5.92 Å². The molecule has 3 N–H and O–H groups in total. The number of carbonyl (C=O) groups is 2. The van der Waals surface area contributed by atoms with Gasteiger partial charge in [-0.3, -0.25) is 4.79 Å². The van der Waals surface area contributed by atoms with Gasteiger partial charge in [0.25, 0.3) is 5.91 Å². The third kappa shape index (κ3) is 2.21. The van der Waals surface area contributed by atoms with Crippen LogP contribution in [0.2, 0.25) is 5.02 Å². The van der Waals surface area contributed by atoms with Crippen molar-refractivity contribution < 1.29 is 14.0 Å². The second-order valence-corrected chi connectivity index (χ2v) is 9.48. The summed E-state index contributed by atoms with van der Waals surface area (Å²) in [6, 6.07) is 3.32. The number of anilines is 1. The number of fused-ring (bicyclic) bond motifs is 4. The van der Waals surface area contributed by atoms with Crippen LogP contribution in [0.3, 0.4) is 0 Å². The Kier molecular flexibility index (Phi) is 3.25. The zero-order chi connectivity index (χ0) is 19.1. The Morgan fingerprint density at radius 3 is 2.61 bits per heavy atom. The highest BCUT2D eigenvalue weighted by Crippen LogP contribution is 2.57. The Bertz CT molecular complexity index is 1020. The maximum atomic E-state index is 12.8. The predicted molar refractivity (Wildman–Crippen MR) is 106 cm³/mol. The standard InChI is InChI=1S/C21H22ClN3O3/c22-13-6-12-7-14(18(26)24-20-8-11(9-20)10-20)28-17(12)15-16(13)23-19(27)25-21(15)4-2-1-3-5-21/h6-7,11H,1-5,8-10H2,(H,24,26)(H2,23,25,27). The number of furan rings is 1. The smallest absolute Gasteiger partial charge is 0.319 e. The molecule has 4 aliphatic carbocycles. The lowest BCUT2D eigenvalue weighted by Gasteiger charge is -2.61.